The molecule has 0 heterocycles. The Bertz CT molecular complexity index is 881. The summed E-state index contributed by atoms with van der Waals surface area (Å²) in [4.78, 5) is 12.4. The summed E-state index contributed by atoms with van der Waals surface area (Å²) in [5.74, 6) is 1.01. The molecule has 1 amide bonds. The molecule has 0 fully saturated rings. The van der Waals surface area contributed by atoms with E-state index in [4.69, 9.17) is 9.47 Å². The van der Waals surface area contributed by atoms with Crippen LogP contribution in [-0.4, -0.2) is 33.2 Å². The van der Waals surface area contributed by atoms with E-state index in [0.29, 0.717) is 30.2 Å². The Labute approximate surface area is 152 Å². The minimum absolute atomic E-state index is 0.165. The van der Waals surface area contributed by atoms with E-state index in [0.717, 1.165) is 5.69 Å². The monoisotopic (exact) mass is 350 g/mol. The van der Waals surface area contributed by atoms with E-state index in [2.05, 4.69) is 28.8 Å². The lowest BCUT2D eigenvalue weighted by atomic mass is 10.1. The van der Waals surface area contributed by atoms with Gasteiger partial charge in [0.2, 0.25) is 0 Å². The molecule has 0 bridgehead atoms. The van der Waals surface area contributed by atoms with Gasteiger partial charge in [-0.3, -0.25) is 4.79 Å². The first-order chi connectivity index (χ1) is 12.7. The lowest BCUT2D eigenvalue weighted by Crippen LogP contribution is -2.28. The molecule has 0 saturated heterocycles. The average molecular weight is 350 g/mol. The Hall–Kier alpha value is -3.21. The molecule has 2 N–H and O–H groups in total. The second kappa shape index (κ2) is 8.25. The number of nitrogens with one attached hydrogen (secondary N) is 2. The highest BCUT2D eigenvalue weighted by Gasteiger charge is 2.09. The van der Waals surface area contributed by atoms with Gasteiger partial charge in [-0.2, -0.15) is 0 Å². The van der Waals surface area contributed by atoms with Gasteiger partial charge in [-0.1, -0.05) is 36.4 Å². The van der Waals surface area contributed by atoms with E-state index in [-0.39, 0.29) is 5.91 Å². The summed E-state index contributed by atoms with van der Waals surface area (Å²) in [5, 5.41) is 8.63. The molecule has 134 valence electrons. The number of amides is 1. The molecule has 0 aliphatic carbocycles. The SMILES string of the molecule is COc1cc(OC)cc(C(=O)NCCNc2cccc3ccccc23)c1. The maximum absolute atomic E-state index is 12.4. The number of hydrogen-bond acceptors (Lipinski definition) is 4. The molecular weight excluding hydrogens is 328 g/mol. The Balaban J connectivity index is 1.59. The number of rotatable bonds is 7. The Morgan fingerprint density at radius 2 is 1.58 bits per heavy atom. The number of fused-ring (bicyclic) bond motifs is 1. The molecule has 0 aromatic heterocycles. The lowest BCUT2D eigenvalue weighted by molar-refractivity contribution is 0.0954. The van der Waals surface area contributed by atoms with Crippen LogP contribution in [0.5, 0.6) is 11.5 Å². The van der Waals surface area contributed by atoms with Crippen LogP contribution < -0.4 is 20.1 Å². The largest absolute Gasteiger partial charge is 0.497 e. The van der Waals surface area contributed by atoms with E-state index in [9.17, 15) is 4.79 Å². The number of carbonyl (C=O) groups is 1. The third kappa shape index (κ3) is 4.06. The third-order valence-electron chi connectivity index (χ3n) is 4.13. The topological polar surface area (TPSA) is 59.6 Å². The molecule has 0 radical (unpaired) electrons. The van der Waals surface area contributed by atoms with Gasteiger partial charge in [-0.15, -0.1) is 0 Å². The van der Waals surface area contributed by atoms with Gasteiger partial charge >= 0.3 is 0 Å². The van der Waals surface area contributed by atoms with Gasteiger partial charge in [0, 0.05) is 35.8 Å². The van der Waals surface area contributed by atoms with Gasteiger partial charge in [0.1, 0.15) is 11.5 Å². The van der Waals surface area contributed by atoms with Crippen molar-refractivity contribution in [2.45, 2.75) is 0 Å². The minimum Gasteiger partial charge on any atom is -0.497 e. The van der Waals surface area contributed by atoms with E-state index < -0.39 is 0 Å². The molecule has 3 rings (SSSR count). The van der Waals surface area contributed by atoms with Crippen molar-refractivity contribution < 1.29 is 14.3 Å². The van der Waals surface area contributed by atoms with Crippen LogP contribution >= 0.6 is 0 Å². The fraction of sp³-hybridized carbons (Fsp3) is 0.190. The second-order valence-electron chi connectivity index (χ2n) is 5.81. The van der Waals surface area contributed by atoms with Gasteiger partial charge in [0.05, 0.1) is 14.2 Å². The number of anilines is 1. The van der Waals surface area contributed by atoms with Crippen LogP contribution in [0.4, 0.5) is 5.69 Å². The van der Waals surface area contributed by atoms with E-state index in [1.165, 1.54) is 10.8 Å². The summed E-state index contributed by atoms with van der Waals surface area (Å²) in [5.41, 5.74) is 1.56. The molecule has 5 nitrogen and oxygen atoms in total. The summed E-state index contributed by atoms with van der Waals surface area (Å²) in [7, 11) is 3.12. The first kappa shape index (κ1) is 17.6. The summed E-state index contributed by atoms with van der Waals surface area (Å²) < 4.78 is 10.4. The van der Waals surface area contributed by atoms with Gasteiger partial charge in [0.25, 0.3) is 5.91 Å². The molecule has 5 heteroatoms. The van der Waals surface area contributed by atoms with E-state index in [1.54, 1.807) is 32.4 Å². The predicted octanol–water partition coefficient (Wildman–Crippen LogP) is 3.70. The third-order valence-corrected chi connectivity index (χ3v) is 4.13. The lowest BCUT2D eigenvalue weighted by Gasteiger charge is -2.11. The van der Waals surface area contributed by atoms with Gasteiger partial charge < -0.3 is 20.1 Å². The van der Waals surface area contributed by atoms with Crippen molar-refractivity contribution in [2.24, 2.45) is 0 Å². The Kier molecular flexibility index (Phi) is 5.59. The summed E-state index contributed by atoms with van der Waals surface area (Å²) in [6, 6.07) is 19.5. The van der Waals surface area contributed by atoms with Crippen molar-refractivity contribution >= 4 is 22.4 Å². The first-order valence-electron chi connectivity index (χ1n) is 8.44. The fourth-order valence-corrected chi connectivity index (χ4v) is 2.79. The zero-order chi connectivity index (χ0) is 18.4. The normalized spacial score (nSPS) is 10.4. The average Bonchev–Trinajstić information content (AvgIpc) is 2.70. The van der Waals surface area contributed by atoms with Crippen LogP contribution in [0.15, 0.2) is 60.7 Å². The summed E-state index contributed by atoms with van der Waals surface area (Å²) in [6.07, 6.45) is 0. The quantitative estimate of drug-likeness (QED) is 0.638. The van der Waals surface area contributed by atoms with Crippen molar-refractivity contribution in [3.05, 3.63) is 66.2 Å². The van der Waals surface area contributed by atoms with Crippen LogP contribution in [0, 0.1) is 0 Å². The van der Waals surface area contributed by atoms with Crippen LogP contribution in [0.1, 0.15) is 10.4 Å². The zero-order valence-electron chi connectivity index (χ0n) is 14.9. The smallest absolute Gasteiger partial charge is 0.251 e. The zero-order valence-corrected chi connectivity index (χ0v) is 14.9. The molecule has 0 unspecified atom stereocenters. The maximum Gasteiger partial charge on any atom is 0.251 e. The Morgan fingerprint density at radius 1 is 0.885 bits per heavy atom. The molecule has 0 aliphatic heterocycles. The molecule has 0 aliphatic rings. The van der Waals surface area contributed by atoms with Crippen molar-refractivity contribution in [2.75, 3.05) is 32.6 Å². The van der Waals surface area contributed by atoms with Crippen LogP contribution in [-0.2, 0) is 0 Å². The van der Waals surface area contributed by atoms with Gasteiger partial charge in [-0.25, -0.2) is 0 Å². The van der Waals surface area contributed by atoms with E-state index >= 15 is 0 Å². The van der Waals surface area contributed by atoms with Gasteiger partial charge in [-0.05, 0) is 23.6 Å². The molecule has 0 saturated carbocycles. The molecule has 3 aromatic carbocycles. The second-order valence-corrected chi connectivity index (χ2v) is 5.81. The molecule has 0 spiro atoms. The Morgan fingerprint density at radius 3 is 2.31 bits per heavy atom. The van der Waals surface area contributed by atoms with Crippen LogP contribution in [0.2, 0.25) is 0 Å². The van der Waals surface area contributed by atoms with Crippen LogP contribution in [0.25, 0.3) is 10.8 Å². The van der Waals surface area contributed by atoms with Crippen molar-refractivity contribution in [3.8, 4) is 11.5 Å². The first-order valence-corrected chi connectivity index (χ1v) is 8.44. The molecule has 0 atom stereocenters. The highest BCUT2D eigenvalue weighted by atomic mass is 16.5. The van der Waals surface area contributed by atoms with Gasteiger partial charge in [0.15, 0.2) is 0 Å². The summed E-state index contributed by atoms with van der Waals surface area (Å²) in [6.45, 7) is 1.13. The number of carbonyl (C=O) groups excluding carboxylic acids is 1. The molecular formula is C21H22N2O3. The molecule has 26 heavy (non-hydrogen) atoms. The summed E-state index contributed by atoms with van der Waals surface area (Å²) >= 11 is 0. The van der Waals surface area contributed by atoms with Crippen molar-refractivity contribution in [1.82, 2.24) is 5.32 Å². The predicted molar refractivity (Wildman–Crippen MR) is 104 cm³/mol. The highest BCUT2D eigenvalue weighted by molar-refractivity contribution is 5.95. The maximum atomic E-state index is 12.4. The van der Waals surface area contributed by atoms with Crippen molar-refractivity contribution in [3.63, 3.8) is 0 Å². The number of benzene rings is 3. The highest BCUT2D eigenvalue weighted by Crippen LogP contribution is 2.23. The molecule has 3 aromatic rings. The number of hydrogen-bond donors (Lipinski definition) is 2. The number of ether oxygens (including phenoxy) is 2. The standard InChI is InChI=1S/C21H22N2O3/c1-25-17-12-16(13-18(14-17)26-2)21(24)23-11-10-22-20-9-5-7-15-6-3-4-8-19(15)20/h3-9,12-14,22H,10-11H2,1-2H3,(H,23,24). The minimum atomic E-state index is -0.165. The number of methoxy groups -OCH3 is 2. The fourth-order valence-electron chi connectivity index (χ4n) is 2.79. The van der Waals surface area contributed by atoms with Crippen molar-refractivity contribution in [1.29, 1.82) is 0 Å². The van der Waals surface area contributed by atoms with Crippen LogP contribution in [0.3, 0.4) is 0 Å². The van der Waals surface area contributed by atoms with E-state index in [1.807, 2.05) is 24.3 Å².